The van der Waals surface area contributed by atoms with E-state index in [-0.39, 0.29) is 17.7 Å². The SMILES string of the molecule is CC(CCCCCCCCCCC(N)=O)C(N)=O. The summed E-state index contributed by atoms with van der Waals surface area (Å²) in [5.41, 5.74) is 10.3. The van der Waals surface area contributed by atoms with Crippen molar-refractivity contribution in [1.82, 2.24) is 0 Å². The maximum absolute atomic E-state index is 10.8. The van der Waals surface area contributed by atoms with Crippen LogP contribution in [-0.2, 0) is 9.59 Å². The summed E-state index contributed by atoms with van der Waals surface area (Å²) in [6, 6.07) is 0. The minimum atomic E-state index is -0.196. The largest absolute Gasteiger partial charge is 0.370 e. The molecule has 0 aromatic carbocycles. The van der Waals surface area contributed by atoms with Gasteiger partial charge in [0.15, 0.2) is 0 Å². The smallest absolute Gasteiger partial charge is 0.220 e. The van der Waals surface area contributed by atoms with Gasteiger partial charge in [0.05, 0.1) is 0 Å². The molecule has 4 nitrogen and oxygen atoms in total. The summed E-state index contributed by atoms with van der Waals surface area (Å²) in [7, 11) is 0. The Labute approximate surface area is 110 Å². The Kier molecular flexibility index (Phi) is 10.4. The molecule has 0 aromatic heterocycles. The second kappa shape index (κ2) is 11.1. The molecule has 0 saturated heterocycles. The zero-order valence-corrected chi connectivity index (χ0v) is 11.6. The molecule has 0 radical (unpaired) electrons. The number of rotatable bonds is 12. The van der Waals surface area contributed by atoms with Gasteiger partial charge in [0.1, 0.15) is 0 Å². The van der Waals surface area contributed by atoms with Crippen LogP contribution in [0.3, 0.4) is 0 Å². The number of hydrogen-bond acceptors (Lipinski definition) is 2. The maximum atomic E-state index is 10.8. The number of unbranched alkanes of at least 4 members (excludes halogenated alkanes) is 7. The van der Waals surface area contributed by atoms with Gasteiger partial charge in [-0.05, 0) is 12.8 Å². The quantitative estimate of drug-likeness (QED) is 0.526. The molecule has 2 amide bonds. The number of carbonyl (C=O) groups is 2. The average Bonchev–Trinajstić information content (AvgIpc) is 2.30. The van der Waals surface area contributed by atoms with E-state index in [1.807, 2.05) is 6.92 Å². The first kappa shape index (κ1) is 16.9. The van der Waals surface area contributed by atoms with Crippen LogP contribution >= 0.6 is 0 Å². The first-order chi connectivity index (χ1) is 8.54. The molecule has 0 bridgehead atoms. The minimum absolute atomic E-state index is 0.0128. The highest BCUT2D eigenvalue weighted by molar-refractivity contribution is 5.76. The Morgan fingerprint density at radius 1 is 0.833 bits per heavy atom. The van der Waals surface area contributed by atoms with Crippen molar-refractivity contribution in [2.45, 2.75) is 71.1 Å². The number of primary amides is 2. The van der Waals surface area contributed by atoms with Crippen LogP contribution in [0, 0.1) is 5.92 Å². The van der Waals surface area contributed by atoms with Crippen LogP contribution in [0.4, 0.5) is 0 Å². The van der Waals surface area contributed by atoms with E-state index in [0.29, 0.717) is 6.42 Å². The molecule has 106 valence electrons. The highest BCUT2D eigenvalue weighted by atomic mass is 16.1. The fraction of sp³-hybridized carbons (Fsp3) is 0.857. The van der Waals surface area contributed by atoms with E-state index in [0.717, 1.165) is 25.7 Å². The molecule has 4 heteroatoms. The number of carbonyl (C=O) groups excluding carboxylic acids is 2. The van der Waals surface area contributed by atoms with E-state index in [1.54, 1.807) is 0 Å². The molecular weight excluding hydrogens is 228 g/mol. The van der Waals surface area contributed by atoms with Crippen LogP contribution in [0.2, 0.25) is 0 Å². The Balaban J connectivity index is 3.12. The third-order valence-corrected chi connectivity index (χ3v) is 3.30. The predicted molar refractivity (Wildman–Crippen MR) is 73.7 cm³/mol. The topological polar surface area (TPSA) is 86.2 Å². The molecule has 0 aromatic rings. The highest BCUT2D eigenvalue weighted by Crippen LogP contribution is 2.13. The van der Waals surface area contributed by atoms with Gasteiger partial charge in [-0.2, -0.15) is 0 Å². The van der Waals surface area contributed by atoms with Gasteiger partial charge >= 0.3 is 0 Å². The van der Waals surface area contributed by atoms with E-state index in [4.69, 9.17) is 11.5 Å². The number of hydrogen-bond donors (Lipinski definition) is 2. The molecule has 1 unspecified atom stereocenters. The van der Waals surface area contributed by atoms with Gasteiger partial charge in [-0.15, -0.1) is 0 Å². The molecule has 0 rings (SSSR count). The van der Waals surface area contributed by atoms with E-state index < -0.39 is 0 Å². The fourth-order valence-electron chi connectivity index (χ4n) is 1.95. The molecule has 18 heavy (non-hydrogen) atoms. The van der Waals surface area contributed by atoms with Gasteiger partial charge in [-0.1, -0.05) is 51.9 Å². The van der Waals surface area contributed by atoms with E-state index in [9.17, 15) is 9.59 Å². The summed E-state index contributed by atoms with van der Waals surface area (Å²) in [4.78, 5) is 21.3. The molecule has 4 N–H and O–H groups in total. The molecule has 0 spiro atoms. The second-order valence-corrected chi connectivity index (χ2v) is 5.14. The van der Waals surface area contributed by atoms with Crippen LogP contribution in [0.25, 0.3) is 0 Å². The molecule has 0 heterocycles. The van der Waals surface area contributed by atoms with Crippen LogP contribution < -0.4 is 11.5 Å². The summed E-state index contributed by atoms with van der Waals surface area (Å²) in [6.07, 6.45) is 10.6. The van der Waals surface area contributed by atoms with Crippen LogP contribution in [0.1, 0.15) is 71.1 Å². The van der Waals surface area contributed by atoms with E-state index in [2.05, 4.69) is 0 Å². The summed E-state index contributed by atoms with van der Waals surface area (Å²) in [5, 5.41) is 0. The third kappa shape index (κ3) is 11.4. The molecule has 0 aliphatic rings. The molecule has 0 aliphatic carbocycles. The first-order valence-electron chi connectivity index (χ1n) is 7.11. The van der Waals surface area contributed by atoms with Crippen molar-refractivity contribution < 1.29 is 9.59 Å². The highest BCUT2D eigenvalue weighted by Gasteiger charge is 2.06. The van der Waals surface area contributed by atoms with Crippen LogP contribution in [0.15, 0.2) is 0 Å². The van der Waals surface area contributed by atoms with Crippen molar-refractivity contribution in [3.63, 3.8) is 0 Å². The van der Waals surface area contributed by atoms with Gasteiger partial charge in [-0.3, -0.25) is 9.59 Å². The lowest BCUT2D eigenvalue weighted by molar-refractivity contribution is -0.121. The predicted octanol–water partition coefficient (Wildman–Crippen LogP) is 2.49. The molecular formula is C14H28N2O2. The van der Waals surface area contributed by atoms with Crippen LogP contribution in [0.5, 0.6) is 0 Å². The lowest BCUT2D eigenvalue weighted by Gasteiger charge is -2.06. The molecule has 0 aliphatic heterocycles. The summed E-state index contributed by atoms with van der Waals surface area (Å²) in [6.45, 7) is 1.89. The number of nitrogens with two attached hydrogens (primary N) is 2. The second-order valence-electron chi connectivity index (χ2n) is 5.14. The normalized spacial score (nSPS) is 12.3. The van der Waals surface area contributed by atoms with Gasteiger partial charge in [-0.25, -0.2) is 0 Å². The van der Waals surface area contributed by atoms with Crippen LogP contribution in [-0.4, -0.2) is 11.8 Å². The lowest BCUT2D eigenvalue weighted by Crippen LogP contribution is -2.20. The Morgan fingerprint density at radius 2 is 1.28 bits per heavy atom. The maximum Gasteiger partial charge on any atom is 0.220 e. The minimum Gasteiger partial charge on any atom is -0.370 e. The zero-order valence-electron chi connectivity index (χ0n) is 11.6. The Morgan fingerprint density at radius 3 is 1.72 bits per heavy atom. The average molecular weight is 256 g/mol. The summed E-state index contributed by atoms with van der Waals surface area (Å²) >= 11 is 0. The third-order valence-electron chi connectivity index (χ3n) is 3.30. The zero-order chi connectivity index (χ0) is 13.8. The Bertz CT molecular complexity index is 242. The molecule has 0 fully saturated rings. The van der Waals surface area contributed by atoms with Gasteiger partial charge in [0, 0.05) is 12.3 Å². The van der Waals surface area contributed by atoms with Gasteiger partial charge in [0.25, 0.3) is 0 Å². The van der Waals surface area contributed by atoms with Crippen molar-refractivity contribution in [2.24, 2.45) is 17.4 Å². The lowest BCUT2D eigenvalue weighted by atomic mass is 10.0. The Hall–Kier alpha value is -1.06. The summed E-state index contributed by atoms with van der Waals surface area (Å²) < 4.78 is 0. The monoisotopic (exact) mass is 256 g/mol. The van der Waals surface area contributed by atoms with Crippen molar-refractivity contribution >= 4 is 11.8 Å². The van der Waals surface area contributed by atoms with Gasteiger partial charge < -0.3 is 11.5 Å². The van der Waals surface area contributed by atoms with Crippen molar-refractivity contribution in [3.8, 4) is 0 Å². The first-order valence-corrected chi connectivity index (χ1v) is 7.11. The van der Waals surface area contributed by atoms with Crippen molar-refractivity contribution in [2.75, 3.05) is 0 Å². The summed E-state index contributed by atoms with van der Waals surface area (Å²) in [5.74, 6) is -0.373. The van der Waals surface area contributed by atoms with E-state index in [1.165, 1.54) is 32.1 Å². The number of amides is 2. The van der Waals surface area contributed by atoms with Crippen molar-refractivity contribution in [1.29, 1.82) is 0 Å². The van der Waals surface area contributed by atoms with Crippen molar-refractivity contribution in [3.05, 3.63) is 0 Å². The fourth-order valence-corrected chi connectivity index (χ4v) is 1.95. The molecule has 1 atom stereocenters. The van der Waals surface area contributed by atoms with E-state index >= 15 is 0 Å². The molecule has 0 saturated carbocycles. The van der Waals surface area contributed by atoms with Gasteiger partial charge in [0.2, 0.25) is 11.8 Å². The standard InChI is InChI=1S/C14H28N2O2/c1-12(14(16)18)10-8-6-4-2-3-5-7-9-11-13(15)17/h12H,2-11H2,1H3,(H2,15,17)(H2,16,18).